The Morgan fingerprint density at radius 3 is 2.29 bits per heavy atom. The quantitative estimate of drug-likeness (QED) is 0.503. The van der Waals surface area contributed by atoms with Crippen LogP contribution in [0.25, 0.3) is 0 Å². The minimum Gasteiger partial charge on any atom is -0.399 e. The number of anilines is 1. The van der Waals surface area contributed by atoms with E-state index in [1.807, 2.05) is 36.4 Å². The third-order valence-corrected chi connectivity index (χ3v) is 2.63. The number of hydrogen-bond acceptors (Lipinski definition) is 5. The normalized spacial score (nSPS) is 11.4. The van der Waals surface area contributed by atoms with E-state index >= 15 is 0 Å². The first-order valence-electron chi connectivity index (χ1n) is 6.36. The molecule has 2 aromatic rings. The SMILES string of the molecule is CO/N=C/C(=N/Nc1ccccc1)C(=O)c1ccccc1. The van der Waals surface area contributed by atoms with E-state index in [4.69, 9.17) is 0 Å². The summed E-state index contributed by atoms with van der Waals surface area (Å²) in [6.45, 7) is 0. The molecule has 1 N–H and O–H groups in total. The van der Waals surface area contributed by atoms with Crippen LogP contribution in [0.3, 0.4) is 0 Å². The number of nitrogens with one attached hydrogen (secondary N) is 1. The minimum absolute atomic E-state index is 0.159. The van der Waals surface area contributed by atoms with Crippen molar-refractivity contribution >= 4 is 23.4 Å². The summed E-state index contributed by atoms with van der Waals surface area (Å²) in [6, 6.07) is 18.2. The van der Waals surface area contributed by atoms with Crippen LogP contribution in [0.4, 0.5) is 5.69 Å². The monoisotopic (exact) mass is 281 g/mol. The van der Waals surface area contributed by atoms with Crippen molar-refractivity contribution in [3.8, 4) is 0 Å². The summed E-state index contributed by atoms with van der Waals surface area (Å²) in [4.78, 5) is 17.0. The zero-order valence-corrected chi connectivity index (χ0v) is 11.6. The highest BCUT2D eigenvalue weighted by Gasteiger charge is 2.12. The van der Waals surface area contributed by atoms with Crippen LogP contribution in [0.15, 0.2) is 70.9 Å². The van der Waals surface area contributed by atoms with E-state index in [-0.39, 0.29) is 11.5 Å². The van der Waals surface area contributed by atoms with Crippen molar-refractivity contribution in [3.05, 3.63) is 66.2 Å². The Bertz CT molecular complexity index is 637. The molecule has 2 aromatic carbocycles. The van der Waals surface area contributed by atoms with Gasteiger partial charge >= 0.3 is 0 Å². The van der Waals surface area contributed by atoms with Crippen LogP contribution in [0.1, 0.15) is 10.4 Å². The van der Waals surface area contributed by atoms with Crippen molar-refractivity contribution in [2.75, 3.05) is 12.5 Å². The number of hydrogen-bond donors (Lipinski definition) is 1. The second-order valence-electron chi connectivity index (χ2n) is 4.09. The molecule has 5 nitrogen and oxygen atoms in total. The number of oxime groups is 1. The Morgan fingerprint density at radius 1 is 1.05 bits per heavy atom. The van der Waals surface area contributed by atoms with E-state index < -0.39 is 0 Å². The first kappa shape index (κ1) is 14.5. The number of hydrazone groups is 1. The maximum absolute atomic E-state index is 12.4. The lowest BCUT2D eigenvalue weighted by Crippen LogP contribution is -2.17. The molecule has 0 aliphatic heterocycles. The molecule has 0 bridgehead atoms. The number of carbonyl (C=O) groups excluding carboxylic acids is 1. The van der Waals surface area contributed by atoms with Crippen molar-refractivity contribution in [3.63, 3.8) is 0 Å². The maximum Gasteiger partial charge on any atom is 0.214 e. The van der Waals surface area contributed by atoms with E-state index in [1.54, 1.807) is 24.3 Å². The molecule has 0 aliphatic carbocycles. The molecule has 0 unspecified atom stereocenters. The minimum atomic E-state index is -0.236. The zero-order valence-electron chi connectivity index (χ0n) is 11.6. The highest BCUT2D eigenvalue weighted by Crippen LogP contribution is 2.06. The topological polar surface area (TPSA) is 63.1 Å². The van der Waals surface area contributed by atoms with Gasteiger partial charge in [-0.3, -0.25) is 10.2 Å². The van der Waals surface area contributed by atoms with Crippen molar-refractivity contribution in [1.82, 2.24) is 0 Å². The zero-order chi connectivity index (χ0) is 14.9. The molecular weight excluding hydrogens is 266 g/mol. The lowest BCUT2D eigenvalue weighted by Gasteiger charge is -2.03. The molecule has 21 heavy (non-hydrogen) atoms. The first-order chi connectivity index (χ1) is 10.3. The molecule has 0 atom stereocenters. The summed E-state index contributed by atoms with van der Waals surface area (Å²) in [5, 5.41) is 7.71. The van der Waals surface area contributed by atoms with Crippen molar-refractivity contribution in [1.29, 1.82) is 0 Å². The number of carbonyl (C=O) groups is 1. The molecule has 0 fully saturated rings. The van der Waals surface area contributed by atoms with Gasteiger partial charge in [0.05, 0.1) is 11.9 Å². The molecule has 0 saturated heterocycles. The fraction of sp³-hybridized carbons (Fsp3) is 0.0625. The molecule has 106 valence electrons. The molecule has 0 amide bonds. The lowest BCUT2D eigenvalue weighted by molar-refractivity contribution is 0.106. The largest absolute Gasteiger partial charge is 0.399 e. The summed E-state index contributed by atoms with van der Waals surface area (Å²) in [5.41, 5.74) is 4.30. The van der Waals surface area contributed by atoms with E-state index in [1.165, 1.54) is 13.3 Å². The Kier molecular flexibility index (Phi) is 5.23. The van der Waals surface area contributed by atoms with E-state index in [0.717, 1.165) is 5.69 Å². The smallest absolute Gasteiger partial charge is 0.214 e. The van der Waals surface area contributed by atoms with Gasteiger partial charge < -0.3 is 4.84 Å². The number of Topliss-reactive ketones (excluding diaryl/α,β-unsaturated/α-hetero) is 1. The standard InChI is InChI=1S/C16H15N3O2/c1-21-17-12-15(16(20)13-8-4-2-5-9-13)19-18-14-10-6-3-7-11-14/h2-12,18H,1H3/b17-12+,19-15-. The summed E-state index contributed by atoms with van der Waals surface area (Å²) in [5.74, 6) is -0.236. The second kappa shape index (κ2) is 7.59. The highest BCUT2D eigenvalue weighted by atomic mass is 16.6. The van der Waals surface area contributed by atoms with Gasteiger partial charge in [0.25, 0.3) is 0 Å². The Balaban J connectivity index is 2.22. The number of nitrogens with zero attached hydrogens (tertiary/aromatic N) is 2. The van der Waals surface area contributed by atoms with E-state index in [0.29, 0.717) is 5.56 Å². The molecule has 0 saturated carbocycles. The van der Waals surface area contributed by atoms with E-state index in [9.17, 15) is 4.79 Å². The third kappa shape index (κ3) is 4.28. The van der Waals surface area contributed by atoms with Gasteiger partial charge in [-0.1, -0.05) is 53.7 Å². The summed E-state index contributed by atoms with van der Waals surface area (Å²) >= 11 is 0. The van der Waals surface area contributed by atoms with Gasteiger partial charge in [-0.15, -0.1) is 0 Å². The third-order valence-electron chi connectivity index (χ3n) is 2.63. The van der Waals surface area contributed by atoms with Gasteiger partial charge in [-0.2, -0.15) is 5.10 Å². The molecule has 0 heterocycles. The maximum atomic E-state index is 12.4. The van der Waals surface area contributed by atoms with Crippen molar-refractivity contribution in [2.24, 2.45) is 10.3 Å². The van der Waals surface area contributed by atoms with Crippen LogP contribution in [0, 0.1) is 0 Å². The Labute approximate surface area is 122 Å². The van der Waals surface area contributed by atoms with Crippen LogP contribution in [0.2, 0.25) is 0 Å². The highest BCUT2D eigenvalue weighted by molar-refractivity contribution is 6.64. The van der Waals surface area contributed by atoms with Gasteiger partial charge in [0.2, 0.25) is 5.78 Å². The van der Waals surface area contributed by atoms with E-state index in [2.05, 4.69) is 20.5 Å². The molecule has 2 rings (SSSR count). The second-order valence-corrected chi connectivity index (χ2v) is 4.09. The van der Waals surface area contributed by atoms with Crippen LogP contribution in [0.5, 0.6) is 0 Å². The summed E-state index contributed by atoms with van der Waals surface area (Å²) < 4.78 is 0. The fourth-order valence-electron chi connectivity index (χ4n) is 1.62. The first-order valence-corrected chi connectivity index (χ1v) is 6.36. The van der Waals surface area contributed by atoms with Crippen LogP contribution in [-0.4, -0.2) is 24.8 Å². The molecule has 0 spiro atoms. The molecule has 0 radical (unpaired) electrons. The average molecular weight is 281 g/mol. The van der Waals surface area contributed by atoms with Crippen LogP contribution < -0.4 is 5.43 Å². The fourth-order valence-corrected chi connectivity index (χ4v) is 1.62. The lowest BCUT2D eigenvalue weighted by atomic mass is 10.1. The number of para-hydroxylation sites is 1. The van der Waals surface area contributed by atoms with Gasteiger partial charge in [0.15, 0.2) is 5.71 Å². The number of ketones is 1. The average Bonchev–Trinajstić information content (AvgIpc) is 2.56. The van der Waals surface area contributed by atoms with Crippen LogP contribution >= 0.6 is 0 Å². The van der Waals surface area contributed by atoms with Gasteiger partial charge in [-0.05, 0) is 12.1 Å². The van der Waals surface area contributed by atoms with Gasteiger partial charge in [-0.25, -0.2) is 0 Å². The predicted molar refractivity (Wildman–Crippen MR) is 83.8 cm³/mol. The molecular formula is C16H15N3O2. The van der Waals surface area contributed by atoms with Crippen molar-refractivity contribution in [2.45, 2.75) is 0 Å². The van der Waals surface area contributed by atoms with Crippen molar-refractivity contribution < 1.29 is 9.63 Å². The molecule has 0 aliphatic rings. The summed E-state index contributed by atoms with van der Waals surface area (Å²) in [6.07, 6.45) is 1.28. The number of rotatable bonds is 6. The molecule has 5 heteroatoms. The summed E-state index contributed by atoms with van der Waals surface area (Å²) in [7, 11) is 1.41. The Hall–Kier alpha value is -2.95. The Morgan fingerprint density at radius 2 is 1.67 bits per heavy atom. The van der Waals surface area contributed by atoms with Gasteiger partial charge in [0, 0.05) is 5.56 Å². The van der Waals surface area contributed by atoms with Crippen LogP contribution in [-0.2, 0) is 4.84 Å². The van der Waals surface area contributed by atoms with Gasteiger partial charge in [0.1, 0.15) is 7.11 Å². The molecule has 0 aromatic heterocycles. The predicted octanol–water partition coefficient (Wildman–Crippen LogP) is 2.97. The number of benzene rings is 2.